The number of amides is 1. The Morgan fingerprint density at radius 3 is 2.55 bits per heavy atom. The lowest BCUT2D eigenvalue weighted by atomic mass is 10.1. The number of non-ortho nitro benzene ring substituents is 1. The molecule has 0 unspecified atom stereocenters. The van der Waals surface area contributed by atoms with E-state index in [1.165, 1.54) is 0 Å². The summed E-state index contributed by atoms with van der Waals surface area (Å²) in [5.74, 6) is -0.352. The normalized spacial score (nSPS) is 11.3. The third kappa shape index (κ3) is 4.35. The molecule has 4 aromatic rings. The fourth-order valence-electron chi connectivity index (χ4n) is 2.94. The lowest BCUT2D eigenvalue weighted by molar-refractivity contribution is -0.384. The average Bonchev–Trinajstić information content (AvgIpc) is 3.41. The van der Waals surface area contributed by atoms with E-state index in [0.717, 1.165) is 41.8 Å². The molecule has 0 radical (unpaired) electrons. The highest BCUT2D eigenvalue weighted by molar-refractivity contribution is 7.93. The number of nitro benzene ring substituents is 1. The van der Waals surface area contributed by atoms with Crippen LogP contribution in [0.5, 0.6) is 0 Å². The summed E-state index contributed by atoms with van der Waals surface area (Å²) in [5.41, 5.74) is 0.648. The van der Waals surface area contributed by atoms with Crippen molar-refractivity contribution in [1.82, 2.24) is 10.1 Å². The van der Waals surface area contributed by atoms with Gasteiger partial charge in [-0.2, -0.15) is 0 Å². The molecule has 0 saturated heterocycles. The van der Waals surface area contributed by atoms with E-state index in [1.807, 2.05) is 0 Å². The lowest BCUT2D eigenvalue weighted by Gasteiger charge is -2.04. The van der Waals surface area contributed by atoms with Gasteiger partial charge in [-0.15, -0.1) is 0 Å². The zero-order chi connectivity index (χ0) is 23.8. The molecule has 13 heteroatoms. The van der Waals surface area contributed by atoms with Gasteiger partial charge < -0.3 is 4.52 Å². The van der Waals surface area contributed by atoms with E-state index in [0.29, 0.717) is 10.6 Å². The highest BCUT2D eigenvalue weighted by Crippen LogP contribution is 2.33. The van der Waals surface area contributed by atoms with Crippen LogP contribution in [0, 0.1) is 17.0 Å². The predicted octanol–water partition coefficient (Wildman–Crippen LogP) is 4.75. The van der Waals surface area contributed by atoms with Crippen LogP contribution in [0.25, 0.3) is 11.3 Å². The minimum atomic E-state index is -3.98. The molecule has 4 rings (SSSR count). The Kier molecular flexibility index (Phi) is 5.97. The van der Waals surface area contributed by atoms with Gasteiger partial charge in [0.1, 0.15) is 21.2 Å². The minimum Gasteiger partial charge on any atom is -0.360 e. The topological polar surface area (TPSA) is 145 Å². The summed E-state index contributed by atoms with van der Waals surface area (Å²) in [5, 5.41) is 17.7. The van der Waals surface area contributed by atoms with Crippen LogP contribution >= 0.6 is 22.9 Å². The molecular formula is C20H13ClN4O6S2. The first kappa shape index (κ1) is 22.6. The van der Waals surface area contributed by atoms with Crippen LogP contribution in [0.2, 0.25) is 5.02 Å². The Morgan fingerprint density at radius 1 is 1.18 bits per heavy atom. The predicted molar refractivity (Wildman–Crippen MR) is 120 cm³/mol. The largest absolute Gasteiger partial charge is 0.360 e. The van der Waals surface area contributed by atoms with Crippen LogP contribution in [-0.2, 0) is 9.84 Å². The van der Waals surface area contributed by atoms with Crippen molar-refractivity contribution in [2.24, 2.45) is 0 Å². The molecule has 168 valence electrons. The molecule has 2 aromatic carbocycles. The van der Waals surface area contributed by atoms with Gasteiger partial charge in [-0.1, -0.05) is 46.3 Å². The highest BCUT2D eigenvalue weighted by Gasteiger charge is 2.26. The zero-order valence-corrected chi connectivity index (χ0v) is 19.1. The standard InChI is InChI=1S/C20H13ClN4O6S2/c1-11-17(18(24-31-11)14-4-2-3-5-15(14)21)19(26)23-20-22-10-16(32-20)33(29,30)13-8-6-12(7-9-13)25(27)28/h2-10H,1H3,(H,22,23,26). The Morgan fingerprint density at radius 2 is 1.88 bits per heavy atom. The number of carbonyl (C=O) groups excluding carboxylic acids is 1. The minimum absolute atomic E-state index is 0.0335. The van der Waals surface area contributed by atoms with Crippen LogP contribution in [0.15, 0.2) is 68.4 Å². The van der Waals surface area contributed by atoms with Crippen molar-refractivity contribution in [3.63, 3.8) is 0 Å². The molecule has 2 aromatic heterocycles. The van der Waals surface area contributed by atoms with Gasteiger partial charge in [-0.05, 0) is 25.1 Å². The van der Waals surface area contributed by atoms with Crippen molar-refractivity contribution >= 4 is 49.5 Å². The summed E-state index contributed by atoms with van der Waals surface area (Å²) in [6, 6.07) is 11.3. The van der Waals surface area contributed by atoms with E-state index in [-0.39, 0.29) is 36.9 Å². The van der Waals surface area contributed by atoms with Crippen molar-refractivity contribution < 1.29 is 22.7 Å². The third-order valence-electron chi connectivity index (χ3n) is 4.55. The highest BCUT2D eigenvalue weighted by atomic mass is 35.5. The molecule has 0 fully saturated rings. The van der Waals surface area contributed by atoms with Gasteiger partial charge in [0.05, 0.1) is 21.0 Å². The molecular weight excluding hydrogens is 492 g/mol. The second kappa shape index (κ2) is 8.73. The van der Waals surface area contributed by atoms with Crippen LogP contribution in [0.4, 0.5) is 10.8 Å². The van der Waals surface area contributed by atoms with Crippen LogP contribution in [0.3, 0.4) is 0 Å². The van der Waals surface area contributed by atoms with Gasteiger partial charge >= 0.3 is 0 Å². The van der Waals surface area contributed by atoms with E-state index in [4.69, 9.17) is 16.1 Å². The van der Waals surface area contributed by atoms with Crippen LogP contribution in [-0.4, -0.2) is 29.4 Å². The van der Waals surface area contributed by atoms with E-state index in [2.05, 4.69) is 15.5 Å². The molecule has 10 nitrogen and oxygen atoms in total. The van der Waals surface area contributed by atoms with Gasteiger partial charge in [0, 0.05) is 17.7 Å². The fourth-order valence-corrected chi connectivity index (χ4v) is 5.59. The summed E-state index contributed by atoms with van der Waals surface area (Å²) in [6.45, 7) is 1.56. The summed E-state index contributed by atoms with van der Waals surface area (Å²) < 4.78 is 30.7. The number of benzene rings is 2. The number of anilines is 1. The second-order valence-electron chi connectivity index (χ2n) is 6.64. The van der Waals surface area contributed by atoms with Crippen molar-refractivity contribution in [3.8, 4) is 11.3 Å². The van der Waals surface area contributed by atoms with E-state index < -0.39 is 20.7 Å². The second-order valence-corrected chi connectivity index (χ2v) is 10.2. The molecule has 0 saturated carbocycles. The van der Waals surface area contributed by atoms with Gasteiger partial charge in [-0.25, -0.2) is 13.4 Å². The smallest absolute Gasteiger partial charge is 0.269 e. The maximum atomic E-state index is 12.9. The van der Waals surface area contributed by atoms with E-state index >= 15 is 0 Å². The number of rotatable bonds is 6. The number of hydrogen-bond acceptors (Lipinski definition) is 9. The first-order valence-corrected chi connectivity index (χ1v) is 11.8. The van der Waals surface area contributed by atoms with Crippen molar-refractivity contribution in [3.05, 3.63) is 81.2 Å². The van der Waals surface area contributed by atoms with Crippen molar-refractivity contribution in [2.45, 2.75) is 16.0 Å². The molecule has 0 aliphatic rings. The SMILES string of the molecule is Cc1onc(-c2ccccc2Cl)c1C(=O)Nc1ncc(S(=O)(=O)c2ccc([N+](=O)[O-])cc2)s1. The number of aryl methyl sites for hydroxylation is 1. The molecule has 0 spiro atoms. The maximum absolute atomic E-state index is 12.9. The van der Waals surface area contributed by atoms with Crippen molar-refractivity contribution in [1.29, 1.82) is 0 Å². The van der Waals surface area contributed by atoms with Crippen molar-refractivity contribution in [2.75, 3.05) is 5.32 Å². The van der Waals surface area contributed by atoms with Gasteiger partial charge in [0.2, 0.25) is 9.84 Å². The van der Waals surface area contributed by atoms with Gasteiger partial charge in [-0.3, -0.25) is 20.2 Å². The Bertz CT molecular complexity index is 1480. The summed E-state index contributed by atoms with van der Waals surface area (Å²) >= 11 is 6.96. The molecule has 0 aliphatic carbocycles. The molecule has 0 atom stereocenters. The number of carbonyl (C=O) groups is 1. The maximum Gasteiger partial charge on any atom is 0.269 e. The quantitative estimate of drug-likeness (QED) is 0.292. The van der Waals surface area contributed by atoms with Crippen LogP contribution in [0.1, 0.15) is 16.1 Å². The molecule has 1 amide bonds. The Labute approximate surface area is 195 Å². The zero-order valence-electron chi connectivity index (χ0n) is 16.7. The first-order valence-electron chi connectivity index (χ1n) is 9.16. The lowest BCUT2D eigenvalue weighted by Crippen LogP contribution is -2.13. The van der Waals surface area contributed by atoms with Gasteiger partial charge in [0.15, 0.2) is 5.13 Å². The summed E-state index contributed by atoms with van der Waals surface area (Å²) in [6.07, 6.45) is 1.10. The molecule has 33 heavy (non-hydrogen) atoms. The van der Waals surface area contributed by atoms with E-state index in [1.54, 1.807) is 31.2 Å². The molecule has 2 heterocycles. The first-order chi connectivity index (χ1) is 15.7. The Balaban J connectivity index is 1.60. The molecule has 0 bridgehead atoms. The number of nitro groups is 1. The number of nitrogens with zero attached hydrogens (tertiary/aromatic N) is 3. The molecule has 0 aliphatic heterocycles. The molecule has 1 N–H and O–H groups in total. The van der Waals surface area contributed by atoms with Crippen LogP contribution < -0.4 is 5.32 Å². The summed E-state index contributed by atoms with van der Waals surface area (Å²) in [7, 11) is -3.98. The number of aromatic nitrogens is 2. The van der Waals surface area contributed by atoms with E-state index in [9.17, 15) is 23.3 Å². The number of thiazole rings is 1. The van der Waals surface area contributed by atoms with Gasteiger partial charge in [0.25, 0.3) is 11.6 Å². The fraction of sp³-hybridized carbons (Fsp3) is 0.0500. The number of hydrogen-bond donors (Lipinski definition) is 1. The number of nitrogens with one attached hydrogen (secondary N) is 1. The number of sulfone groups is 1. The number of halogens is 1. The summed E-state index contributed by atoms with van der Waals surface area (Å²) in [4.78, 5) is 26.9. The third-order valence-corrected chi connectivity index (χ3v) is 8.02. The Hall–Kier alpha value is -3.61. The average molecular weight is 505 g/mol. The monoisotopic (exact) mass is 504 g/mol.